The lowest BCUT2D eigenvalue weighted by Crippen LogP contribution is -2.40. The van der Waals surface area contributed by atoms with Crippen molar-refractivity contribution in [1.82, 2.24) is 0 Å². The van der Waals surface area contributed by atoms with Crippen molar-refractivity contribution < 1.29 is 23.1 Å². The molecular weight excluding hydrogens is 341 g/mol. The molecule has 26 heavy (non-hydrogen) atoms. The molecule has 1 N–H and O–H groups in total. The van der Waals surface area contributed by atoms with E-state index in [4.69, 9.17) is 0 Å². The zero-order chi connectivity index (χ0) is 19.8. The molecule has 0 bridgehead atoms. The van der Waals surface area contributed by atoms with Crippen molar-refractivity contribution in [2.24, 2.45) is 16.2 Å². The lowest BCUT2D eigenvalue weighted by Gasteiger charge is -2.42. The lowest BCUT2D eigenvalue weighted by atomic mass is 9.63. The summed E-state index contributed by atoms with van der Waals surface area (Å²) in [7, 11) is 0. The zero-order valence-electron chi connectivity index (χ0n) is 16.6. The predicted octanol–water partition coefficient (Wildman–Crippen LogP) is 6.90. The Morgan fingerprint density at radius 3 is 1.88 bits per heavy atom. The fourth-order valence-electron chi connectivity index (χ4n) is 4.77. The first-order chi connectivity index (χ1) is 11.8. The third kappa shape index (κ3) is 4.64. The number of carbonyl (C=O) groups is 1. The van der Waals surface area contributed by atoms with E-state index >= 15 is 0 Å². The highest BCUT2D eigenvalue weighted by atomic mass is 19.4. The second kappa shape index (κ2) is 7.20. The minimum absolute atomic E-state index is 0.0186. The summed E-state index contributed by atoms with van der Waals surface area (Å²) >= 11 is 0. The third-order valence-corrected chi connectivity index (χ3v) is 6.81. The average Bonchev–Trinajstić information content (AvgIpc) is 2.55. The van der Waals surface area contributed by atoms with Gasteiger partial charge in [-0.3, -0.25) is 4.79 Å². The number of allylic oxidation sites excluding steroid dienone is 2. The summed E-state index contributed by atoms with van der Waals surface area (Å²) in [6, 6.07) is 0. The summed E-state index contributed by atoms with van der Waals surface area (Å²) < 4.78 is 39.6. The smallest absolute Gasteiger partial charge is 0.390 e. The Labute approximate surface area is 155 Å². The van der Waals surface area contributed by atoms with Gasteiger partial charge in [-0.05, 0) is 50.9 Å². The van der Waals surface area contributed by atoms with Gasteiger partial charge in [-0.2, -0.15) is 13.2 Å². The molecule has 0 atom stereocenters. The van der Waals surface area contributed by atoms with Gasteiger partial charge in [0.2, 0.25) is 0 Å². The molecule has 0 aromatic carbocycles. The molecule has 150 valence electrons. The van der Waals surface area contributed by atoms with Crippen LogP contribution in [-0.4, -0.2) is 17.1 Å². The van der Waals surface area contributed by atoms with E-state index in [9.17, 15) is 23.1 Å². The molecule has 5 heteroatoms. The molecule has 2 fully saturated rings. The standard InChI is InChI=1S/C21H33F3O2/c1-15(16(25)19(4)12-10-18(2,3)11-13-19)17(26)20(14-21(22,23)24)8-6-5-7-9-20/h25H,5-14H2,1-4H3/b16-15-. The van der Waals surface area contributed by atoms with Crippen LogP contribution in [0.25, 0.3) is 0 Å². The van der Waals surface area contributed by atoms with Crippen LogP contribution in [0.2, 0.25) is 0 Å². The number of hydrogen-bond acceptors (Lipinski definition) is 2. The van der Waals surface area contributed by atoms with Crippen molar-refractivity contribution in [2.45, 2.75) is 98.1 Å². The predicted molar refractivity (Wildman–Crippen MR) is 96.9 cm³/mol. The zero-order valence-corrected chi connectivity index (χ0v) is 16.6. The maximum atomic E-state index is 13.2. The summed E-state index contributed by atoms with van der Waals surface area (Å²) in [5, 5.41) is 10.9. The maximum absolute atomic E-state index is 13.2. The van der Waals surface area contributed by atoms with E-state index in [0.29, 0.717) is 12.8 Å². The summed E-state index contributed by atoms with van der Waals surface area (Å²) in [6.45, 7) is 7.83. The van der Waals surface area contributed by atoms with Crippen molar-refractivity contribution in [2.75, 3.05) is 0 Å². The first-order valence-electron chi connectivity index (χ1n) is 9.82. The van der Waals surface area contributed by atoms with E-state index in [-0.39, 0.29) is 29.6 Å². The molecule has 2 rings (SSSR count). The topological polar surface area (TPSA) is 37.3 Å². The number of Topliss-reactive ketones (excluding diaryl/α,β-unsaturated/α-hetero) is 1. The average molecular weight is 374 g/mol. The third-order valence-electron chi connectivity index (χ3n) is 6.81. The fourth-order valence-corrected chi connectivity index (χ4v) is 4.77. The Balaban J connectivity index is 2.30. The van der Waals surface area contributed by atoms with Gasteiger partial charge in [0.1, 0.15) is 5.76 Å². The molecule has 2 nitrogen and oxygen atoms in total. The number of aliphatic hydroxyl groups excluding tert-OH is 1. The molecule has 0 saturated heterocycles. The van der Waals surface area contributed by atoms with Crippen molar-refractivity contribution in [1.29, 1.82) is 0 Å². The van der Waals surface area contributed by atoms with Gasteiger partial charge in [-0.1, -0.05) is 40.0 Å². The number of carbonyl (C=O) groups excluding carboxylic acids is 1. The number of halogens is 3. The van der Waals surface area contributed by atoms with Crippen LogP contribution >= 0.6 is 0 Å². The molecule has 0 unspecified atom stereocenters. The quantitative estimate of drug-likeness (QED) is 0.429. The van der Waals surface area contributed by atoms with E-state index in [1.165, 1.54) is 6.92 Å². The van der Waals surface area contributed by atoms with E-state index in [1.807, 2.05) is 6.92 Å². The number of rotatable bonds is 4. The molecule has 2 aliphatic rings. The Hall–Kier alpha value is -1.00. The SMILES string of the molecule is C/C(C(=O)C1(CC(F)(F)F)CCCCC1)=C(/O)C1(C)CCC(C)(C)CC1. The highest BCUT2D eigenvalue weighted by Crippen LogP contribution is 2.51. The highest BCUT2D eigenvalue weighted by molar-refractivity contribution is 6.00. The summed E-state index contributed by atoms with van der Waals surface area (Å²) in [5.74, 6) is -0.469. The van der Waals surface area contributed by atoms with Gasteiger partial charge in [-0.15, -0.1) is 0 Å². The Morgan fingerprint density at radius 2 is 1.42 bits per heavy atom. The number of ketones is 1. The van der Waals surface area contributed by atoms with E-state index in [2.05, 4.69) is 13.8 Å². The van der Waals surface area contributed by atoms with Gasteiger partial charge < -0.3 is 5.11 Å². The van der Waals surface area contributed by atoms with Crippen molar-refractivity contribution in [3.63, 3.8) is 0 Å². The fraction of sp³-hybridized carbons (Fsp3) is 0.857. The van der Waals surface area contributed by atoms with Crippen molar-refractivity contribution in [3.8, 4) is 0 Å². The number of hydrogen-bond donors (Lipinski definition) is 1. The van der Waals surface area contributed by atoms with Crippen LogP contribution in [0.5, 0.6) is 0 Å². The van der Waals surface area contributed by atoms with E-state index in [1.54, 1.807) is 0 Å². The molecule has 0 aromatic rings. The van der Waals surface area contributed by atoms with Crippen LogP contribution < -0.4 is 0 Å². The molecule has 0 heterocycles. The minimum atomic E-state index is -4.37. The largest absolute Gasteiger partial charge is 0.511 e. The Morgan fingerprint density at radius 1 is 0.923 bits per heavy atom. The van der Waals surface area contributed by atoms with E-state index in [0.717, 1.165) is 32.1 Å². The molecule has 2 saturated carbocycles. The first-order valence-corrected chi connectivity index (χ1v) is 9.82. The minimum Gasteiger partial charge on any atom is -0.511 e. The molecule has 0 radical (unpaired) electrons. The number of aliphatic hydroxyl groups is 1. The van der Waals surface area contributed by atoms with Gasteiger partial charge in [0.05, 0.1) is 6.42 Å². The van der Waals surface area contributed by atoms with Gasteiger partial charge in [0, 0.05) is 16.4 Å². The monoisotopic (exact) mass is 374 g/mol. The Kier molecular flexibility index (Phi) is 5.90. The first kappa shape index (κ1) is 21.3. The lowest BCUT2D eigenvalue weighted by molar-refractivity contribution is -0.169. The van der Waals surface area contributed by atoms with Crippen LogP contribution in [0.1, 0.15) is 91.9 Å². The van der Waals surface area contributed by atoms with Crippen LogP contribution in [0, 0.1) is 16.2 Å². The van der Waals surface area contributed by atoms with Crippen LogP contribution in [0.15, 0.2) is 11.3 Å². The number of alkyl halides is 3. The van der Waals surface area contributed by atoms with Crippen LogP contribution in [0.3, 0.4) is 0 Å². The molecule has 2 aliphatic carbocycles. The second-order valence-electron chi connectivity index (χ2n) is 9.66. The molecule has 0 aliphatic heterocycles. The summed E-state index contributed by atoms with van der Waals surface area (Å²) in [4.78, 5) is 13.1. The van der Waals surface area contributed by atoms with Gasteiger partial charge >= 0.3 is 6.18 Å². The second-order valence-corrected chi connectivity index (χ2v) is 9.66. The normalized spacial score (nSPS) is 26.1. The van der Waals surface area contributed by atoms with Crippen LogP contribution in [-0.2, 0) is 4.79 Å². The molecular formula is C21H33F3O2. The summed E-state index contributed by atoms with van der Waals surface area (Å²) in [6.07, 6.45) is 0.599. The van der Waals surface area contributed by atoms with Crippen molar-refractivity contribution >= 4 is 5.78 Å². The molecule has 0 amide bonds. The van der Waals surface area contributed by atoms with Gasteiger partial charge in [0.25, 0.3) is 0 Å². The van der Waals surface area contributed by atoms with Crippen molar-refractivity contribution in [3.05, 3.63) is 11.3 Å². The highest BCUT2D eigenvalue weighted by Gasteiger charge is 2.49. The van der Waals surface area contributed by atoms with Gasteiger partial charge in [0.15, 0.2) is 5.78 Å². The van der Waals surface area contributed by atoms with Crippen LogP contribution in [0.4, 0.5) is 13.2 Å². The van der Waals surface area contributed by atoms with E-state index < -0.39 is 29.2 Å². The molecule has 0 aromatic heterocycles. The molecule has 0 spiro atoms. The maximum Gasteiger partial charge on any atom is 0.390 e. The Bertz CT molecular complexity index is 556. The summed E-state index contributed by atoms with van der Waals surface area (Å²) in [5.41, 5.74) is -1.54. The van der Waals surface area contributed by atoms with Gasteiger partial charge in [-0.25, -0.2) is 0 Å².